The predicted octanol–water partition coefficient (Wildman–Crippen LogP) is 1.46. The van der Waals surface area contributed by atoms with E-state index in [1.54, 1.807) is 0 Å². The second-order valence-corrected chi connectivity index (χ2v) is 6.97. The number of aliphatic imine (C=N–C) groups is 1. The van der Waals surface area contributed by atoms with Crippen LogP contribution in [-0.4, -0.2) is 86.4 Å². The molecule has 7 nitrogen and oxygen atoms in total. The Morgan fingerprint density at radius 3 is 2.38 bits per heavy atom. The fraction of sp³-hybridized carbons (Fsp3) is 0.889. The average Bonchev–Trinajstić information content (AvgIpc) is 3.34. The normalized spacial score (nSPS) is 26.7. The zero-order valence-corrected chi connectivity index (χ0v) is 18.2. The van der Waals surface area contributed by atoms with Crippen molar-refractivity contribution in [2.45, 2.75) is 51.2 Å². The summed E-state index contributed by atoms with van der Waals surface area (Å²) < 4.78 is 11.2. The molecule has 0 aliphatic carbocycles. The molecule has 150 valence electrons. The van der Waals surface area contributed by atoms with Gasteiger partial charge >= 0.3 is 0 Å². The van der Waals surface area contributed by atoms with Crippen LogP contribution in [-0.2, 0) is 14.3 Å². The van der Waals surface area contributed by atoms with Crippen molar-refractivity contribution in [2.24, 2.45) is 4.99 Å². The molecular weight excluding hydrogens is 447 g/mol. The SMILES string of the molecule is CCNC(=NCCC1CCCO1)N1CCN(C(=O)C2CCCO2)CC1.I. The minimum absolute atomic E-state index is 0. The molecule has 3 aliphatic heterocycles. The first-order chi connectivity index (χ1) is 12.3. The van der Waals surface area contributed by atoms with E-state index in [-0.39, 0.29) is 36.0 Å². The van der Waals surface area contributed by atoms with Crippen LogP contribution in [0.3, 0.4) is 0 Å². The third-order valence-electron chi connectivity index (χ3n) is 5.17. The number of nitrogens with one attached hydrogen (secondary N) is 1. The van der Waals surface area contributed by atoms with E-state index in [1.165, 1.54) is 6.42 Å². The summed E-state index contributed by atoms with van der Waals surface area (Å²) >= 11 is 0. The fourth-order valence-electron chi connectivity index (χ4n) is 3.73. The summed E-state index contributed by atoms with van der Waals surface area (Å²) in [6.07, 6.45) is 5.37. The molecular formula is C18H33IN4O3. The quantitative estimate of drug-likeness (QED) is 0.367. The lowest BCUT2D eigenvalue weighted by atomic mass is 10.2. The predicted molar refractivity (Wildman–Crippen MR) is 112 cm³/mol. The van der Waals surface area contributed by atoms with Gasteiger partial charge in [0.05, 0.1) is 6.10 Å². The molecule has 3 saturated heterocycles. The number of hydrogen-bond donors (Lipinski definition) is 1. The Kier molecular flexibility index (Phi) is 9.41. The van der Waals surface area contributed by atoms with Gasteiger partial charge in [-0.05, 0) is 39.0 Å². The van der Waals surface area contributed by atoms with Crippen LogP contribution in [0.5, 0.6) is 0 Å². The molecule has 3 heterocycles. The minimum atomic E-state index is -0.208. The second kappa shape index (κ2) is 11.3. The van der Waals surface area contributed by atoms with Crippen molar-refractivity contribution in [1.82, 2.24) is 15.1 Å². The zero-order chi connectivity index (χ0) is 17.5. The van der Waals surface area contributed by atoms with E-state index in [2.05, 4.69) is 17.1 Å². The molecule has 1 N–H and O–H groups in total. The van der Waals surface area contributed by atoms with Gasteiger partial charge in [-0.15, -0.1) is 24.0 Å². The molecule has 1 amide bonds. The number of carbonyl (C=O) groups is 1. The number of amides is 1. The number of carbonyl (C=O) groups excluding carboxylic acids is 1. The van der Waals surface area contributed by atoms with Crippen LogP contribution in [0.15, 0.2) is 4.99 Å². The Morgan fingerprint density at radius 2 is 1.77 bits per heavy atom. The highest BCUT2D eigenvalue weighted by Crippen LogP contribution is 2.17. The van der Waals surface area contributed by atoms with Gasteiger partial charge in [-0.2, -0.15) is 0 Å². The van der Waals surface area contributed by atoms with Crippen molar-refractivity contribution in [3.05, 3.63) is 0 Å². The first-order valence-corrected chi connectivity index (χ1v) is 9.83. The first kappa shape index (κ1) is 21.7. The lowest BCUT2D eigenvalue weighted by molar-refractivity contribution is -0.142. The summed E-state index contributed by atoms with van der Waals surface area (Å²) in [6, 6.07) is 0. The summed E-state index contributed by atoms with van der Waals surface area (Å²) in [6.45, 7) is 8.49. The topological polar surface area (TPSA) is 66.4 Å². The highest BCUT2D eigenvalue weighted by atomic mass is 127. The van der Waals surface area contributed by atoms with Crippen molar-refractivity contribution in [3.8, 4) is 0 Å². The maximum atomic E-state index is 12.4. The smallest absolute Gasteiger partial charge is 0.251 e. The molecule has 3 aliphatic rings. The Morgan fingerprint density at radius 1 is 1.08 bits per heavy atom. The molecule has 0 bridgehead atoms. The van der Waals surface area contributed by atoms with Gasteiger partial charge in [0.2, 0.25) is 0 Å². The largest absolute Gasteiger partial charge is 0.378 e. The molecule has 0 saturated carbocycles. The highest BCUT2D eigenvalue weighted by Gasteiger charge is 2.30. The van der Waals surface area contributed by atoms with E-state index >= 15 is 0 Å². The van der Waals surface area contributed by atoms with Gasteiger partial charge in [-0.1, -0.05) is 0 Å². The second-order valence-electron chi connectivity index (χ2n) is 6.97. The third-order valence-corrected chi connectivity index (χ3v) is 5.17. The van der Waals surface area contributed by atoms with Crippen LogP contribution < -0.4 is 5.32 Å². The number of hydrogen-bond acceptors (Lipinski definition) is 4. The van der Waals surface area contributed by atoms with E-state index in [4.69, 9.17) is 14.5 Å². The number of guanidine groups is 1. The lowest BCUT2D eigenvalue weighted by Gasteiger charge is -2.37. The van der Waals surface area contributed by atoms with Crippen molar-refractivity contribution in [1.29, 1.82) is 0 Å². The van der Waals surface area contributed by atoms with Gasteiger partial charge < -0.3 is 24.6 Å². The van der Waals surface area contributed by atoms with E-state index in [1.807, 2.05) is 4.90 Å². The summed E-state index contributed by atoms with van der Waals surface area (Å²) in [4.78, 5) is 21.4. The molecule has 3 fully saturated rings. The zero-order valence-electron chi connectivity index (χ0n) is 15.8. The summed E-state index contributed by atoms with van der Waals surface area (Å²) in [5.41, 5.74) is 0. The third kappa shape index (κ3) is 5.95. The monoisotopic (exact) mass is 480 g/mol. The van der Waals surface area contributed by atoms with Crippen molar-refractivity contribution in [2.75, 3.05) is 52.5 Å². The molecule has 0 spiro atoms. The first-order valence-electron chi connectivity index (χ1n) is 9.83. The summed E-state index contributed by atoms with van der Waals surface area (Å²) in [7, 11) is 0. The molecule has 3 rings (SSSR count). The molecule has 2 atom stereocenters. The number of piperazine rings is 1. The van der Waals surface area contributed by atoms with Crippen LogP contribution in [0.25, 0.3) is 0 Å². The Hall–Kier alpha value is -0.610. The van der Waals surface area contributed by atoms with Crippen molar-refractivity contribution >= 4 is 35.8 Å². The van der Waals surface area contributed by atoms with Crippen LogP contribution in [0, 0.1) is 0 Å². The Balaban J connectivity index is 0.00000243. The van der Waals surface area contributed by atoms with Gasteiger partial charge in [0.15, 0.2) is 5.96 Å². The summed E-state index contributed by atoms with van der Waals surface area (Å²) in [5, 5.41) is 3.38. The molecule has 0 aromatic rings. The minimum Gasteiger partial charge on any atom is -0.378 e. The van der Waals surface area contributed by atoms with Gasteiger partial charge in [0, 0.05) is 52.5 Å². The van der Waals surface area contributed by atoms with Crippen LogP contribution in [0.1, 0.15) is 39.0 Å². The van der Waals surface area contributed by atoms with Gasteiger partial charge in [-0.25, -0.2) is 0 Å². The van der Waals surface area contributed by atoms with Crippen molar-refractivity contribution in [3.63, 3.8) is 0 Å². The standard InChI is InChI=1S/C18H32N4O3.HI/c1-2-19-18(20-8-7-15-5-3-13-24-15)22-11-9-21(10-12-22)17(23)16-6-4-14-25-16;/h15-16H,2-14H2,1H3,(H,19,20);1H. The Labute approximate surface area is 173 Å². The van der Waals surface area contributed by atoms with Crippen LogP contribution >= 0.6 is 24.0 Å². The van der Waals surface area contributed by atoms with Crippen molar-refractivity contribution < 1.29 is 14.3 Å². The molecule has 26 heavy (non-hydrogen) atoms. The number of nitrogens with zero attached hydrogens (tertiary/aromatic N) is 3. The average molecular weight is 480 g/mol. The highest BCUT2D eigenvalue weighted by molar-refractivity contribution is 14.0. The molecule has 2 unspecified atom stereocenters. The molecule has 0 aromatic heterocycles. The maximum Gasteiger partial charge on any atom is 0.251 e. The van der Waals surface area contributed by atoms with E-state index in [0.717, 1.165) is 84.1 Å². The van der Waals surface area contributed by atoms with Gasteiger partial charge in [-0.3, -0.25) is 9.79 Å². The van der Waals surface area contributed by atoms with Crippen LogP contribution in [0.2, 0.25) is 0 Å². The summed E-state index contributed by atoms with van der Waals surface area (Å²) in [5.74, 6) is 1.13. The van der Waals surface area contributed by atoms with Crippen LogP contribution in [0.4, 0.5) is 0 Å². The molecule has 8 heteroatoms. The Bertz CT molecular complexity index is 457. The van der Waals surface area contributed by atoms with Gasteiger partial charge in [0.25, 0.3) is 5.91 Å². The lowest BCUT2D eigenvalue weighted by Crippen LogP contribution is -2.55. The molecule has 0 radical (unpaired) electrons. The van der Waals surface area contributed by atoms with E-state index < -0.39 is 0 Å². The van der Waals surface area contributed by atoms with Gasteiger partial charge in [0.1, 0.15) is 6.10 Å². The number of rotatable bonds is 5. The molecule has 0 aromatic carbocycles. The van der Waals surface area contributed by atoms with E-state index in [0.29, 0.717) is 6.10 Å². The fourth-order valence-corrected chi connectivity index (χ4v) is 3.73. The van der Waals surface area contributed by atoms with E-state index in [9.17, 15) is 4.79 Å². The number of ether oxygens (including phenoxy) is 2. The number of halogens is 1. The maximum absolute atomic E-state index is 12.4.